The lowest BCUT2D eigenvalue weighted by atomic mass is 10.1. The molecule has 2 aromatic heterocycles. The van der Waals surface area contributed by atoms with Crippen LogP contribution in [-0.2, 0) is 4.74 Å². The Kier molecular flexibility index (Phi) is 2.59. The van der Waals surface area contributed by atoms with Crippen LogP contribution >= 0.6 is 0 Å². The Morgan fingerprint density at radius 3 is 2.81 bits per heavy atom. The normalized spacial score (nSPS) is 10.1. The van der Waals surface area contributed by atoms with Gasteiger partial charge in [0.1, 0.15) is 5.69 Å². The second-order valence-electron chi connectivity index (χ2n) is 3.20. The molecule has 5 nitrogen and oxygen atoms in total. The third-order valence-electron chi connectivity index (χ3n) is 2.31. The van der Waals surface area contributed by atoms with Crippen LogP contribution in [0.3, 0.4) is 0 Å². The number of carbonyl (C=O) groups excluding carboxylic acids is 2. The number of ether oxygens (including phenoxy) is 1. The van der Waals surface area contributed by atoms with E-state index in [2.05, 4.69) is 14.7 Å². The molecule has 0 atom stereocenters. The molecular formula is C11H10N2O3. The molecule has 0 fully saturated rings. The summed E-state index contributed by atoms with van der Waals surface area (Å²) in [7, 11) is 1.30. The summed E-state index contributed by atoms with van der Waals surface area (Å²) in [6.45, 7) is 0. The van der Waals surface area contributed by atoms with E-state index in [1.807, 2.05) is 0 Å². The summed E-state index contributed by atoms with van der Waals surface area (Å²) in [5.41, 5.74) is 2.04. The first-order valence-corrected chi connectivity index (χ1v) is 4.66. The molecule has 0 unspecified atom stereocenters. The number of esters is 1. The molecule has 0 amide bonds. The highest BCUT2D eigenvalue weighted by molar-refractivity contribution is 6.01. The third kappa shape index (κ3) is 1.52. The van der Waals surface area contributed by atoms with Crippen molar-refractivity contribution in [2.75, 3.05) is 7.11 Å². The SMILES string of the molecule is COC(=O)c1[nH]cc(C=O)c1-c1cc[nH]c1. The van der Waals surface area contributed by atoms with E-state index >= 15 is 0 Å². The van der Waals surface area contributed by atoms with Gasteiger partial charge in [-0.15, -0.1) is 0 Å². The van der Waals surface area contributed by atoms with Crippen molar-refractivity contribution in [2.45, 2.75) is 0 Å². The van der Waals surface area contributed by atoms with Gasteiger partial charge in [0.2, 0.25) is 0 Å². The number of nitrogens with one attached hydrogen (secondary N) is 2. The number of aromatic nitrogens is 2. The third-order valence-corrected chi connectivity index (χ3v) is 2.31. The Morgan fingerprint density at radius 2 is 2.25 bits per heavy atom. The van der Waals surface area contributed by atoms with Gasteiger partial charge in [-0.1, -0.05) is 0 Å². The fourth-order valence-electron chi connectivity index (χ4n) is 1.58. The van der Waals surface area contributed by atoms with Crippen molar-refractivity contribution in [1.82, 2.24) is 9.97 Å². The first-order chi connectivity index (χ1) is 7.77. The van der Waals surface area contributed by atoms with Crippen LogP contribution in [0, 0.1) is 0 Å². The Bertz CT molecular complexity index is 511. The smallest absolute Gasteiger partial charge is 0.355 e. The van der Waals surface area contributed by atoms with E-state index < -0.39 is 5.97 Å². The zero-order chi connectivity index (χ0) is 11.5. The van der Waals surface area contributed by atoms with Crippen LogP contribution in [0.4, 0.5) is 0 Å². The lowest BCUT2D eigenvalue weighted by Crippen LogP contribution is -2.03. The Morgan fingerprint density at radius 1 is 1.44 bits per heavy atom. The summed E-state index contributed by atoms with van der Waals surface area (Å²) < 4.78 is 4.64. The predicted octanol–water partition coefficient (Wildman–Crippen LogP) is 1.61. The number of aldehydes is 1. The molecule has 0 aliphatic heterocycles. The molecule has 0 saturated heterocycles. The van der Waals surface area contributed by atoms with E-state index in [1.54, 1.807) is 18.5 Å². The van der Waals surface area contributed by atoms with Crippen molar-refractivity contribution in [3.8, 4) is 11.1 Å². The molecule has 0 spiro atoms. The van der Waals surface area contributed by atoms with Gasteiger partial charge < -0.3 is 14.7 Å². The number of H-pyrrole nitrogens is 2. The van der Waals surface area contributed by atoms with Crippen molar-refractivity contribution in [2.24, 2.45) is 0 Å². The maximum atomic E-state index is 11.5. The summed E-state index contributed by atoms with van der Waals surface area (Å²) in [5.74, 6) is -0.496. The highest BCUT2D eigenvalue weighted by Crippen LogP contribution is 2.26. The van der Waals surface area contributed by atoms with E-state index in [-0.39, 0.29) is 5.69 Å². The topological polar surface area (TPSA) is 75.0 Å². The number of rotatable bonds is 3. The number of hydrogen-bond donors (Lipinski definition) is 2. The predicted molar refractivity (Wildman–Crippen MR) is 57.3 cm³/mol. The maximum Gasteiger partial charge on any atom is 0.355 e. The van der Waals surface area contributed by atoms with E-state index in [0.29, 0.717) is 17.4 Å². The molecule has 0 aliphatic rings. The van der Waals surface area contributed by atoms with E-state index in [0.717, 1.165) is 5.56 Å². The van der Waals surface area contributed by atoms with Crippen LogP contribution in [0.5, 0.6) is 0 Å². The molecule has 2 N–H and O–H groups in total. The van der Waals surface area contributed by atoms with Gasteiger partial charge in [-0.2, -0.15) is 0 Å². The maximum absolute atomic E-state index is 11.5. The number of aromatic amines is 2. The van der Waals surface area contributed by atoms with Crippen LogP contribution in [0.25, 0.3) is 11.1 Å². The van der Waals surface area contributed by atoms with Crippen LogP contribution in [-0.4, -0.2) is 29.3 Å². The molecule has 2 heterocycles. The first kappa shape index (κ1) is 10.2. The van der Waals surface area contributed by atoms with Crippen molar-refractivity contribution in [3.63, 3.8) is 0 Å². The van der Waals surface area contributed by atoms with Gasteiger partial charge in [-0.3, -0.25) is 4.79 Å². The molecule has 0 saturated carbocycles. The van der Waals surface area contributed by atoms with E-state index in [1.165, 1.54) is 13.3 Å². The minimum absolute atomic E-state index is 0.282. The lowest BCUT2D eigenvalue weighted by molar-refractivity contribution is 0.0595. The molecule has 0 aromatic carbocycles. The Labute approximate surface area is 91.4 Å². The van der Waals surface area contributed by atoms with E-state index in [4.69, 9.17) is 0 Å². The summed E-state index contributed by atoms with van der Waals surface area (Å²) in [6.07, 6.45) is 5.62. The van der Waals surface area contributed by atoms with Gasteiger partial charge in [-0.25, -0.2) is 4.79 Å². The minimum Gasteiger partial charge on any atom is -0.464 e. The zero-order valence-electron chi connectivity index (χ0n) is 8.61. The molecule has 82 valence electrons. The first-order valence-electron chi connectivity index (χ1n) is 4.66. The highest BCUT2D eigenvalue weighted by atomic mass is 16.5. The van der Waals surface area contributed by atoms with Crippen LogP contribution in [0.2, 0.25) is 0 Å². The summed E-state index contributed by atoms with van der Waals surface area (Å²) in [4.78, 5) is 28.0. The van der Waals surface area contributed by atoms with Gasteiger partial charge in [-0.05, 0) is 6.07 Å². The standard InChI is InChI=1S/C11H10N2O3/c1-16-11(15)10-9(7-2-3-12-4-7)8(6-14)5-13-10/h2-6,12-13H,1H3. The molecule has 0 aliphatic carbocycles. The molecular weight excluding hydrogens is 208 g/mol. The van der Waals surface area contributed by atoms with Crippen molar-refractivity contribution in [1.29, 1.82) is 0 Å². The molecule has 2 aromatic rings. The number of carbonyl (C=O) groups is 2. The molecule has 0 radical (unpaired) electrons. The van der Waals surface area contributed by atoms with Crippen LogP contribution in [0.15, 0.2) is 24.7 Å². The lowest BCUT2D eigenvalue weighted by Gasteiger charge is -2.00. The van der Waals surface area contributed by atoms with Gasteiger partial charge in [0, 0.05) is 35.3 Å². The highest BCUT2D eigenvalue weighted by Gasteiger charge is 2.19. The quantitative estimate of drug-likeness (QED) is 0.607. The summed E-state index contributed by atoms with van der Waals surface area (Å²) in [5, 5.41) is 0. The second-order valence-corrected chi connectivity index (χ2v) is 3.20. The fraction of sp³-hybridized carbons (Fsp3) is 0.0909. The Balaban J connectivity index is 2.60. The van der Waals surface area contributed by atoms with Crippen LogP contribution < -0.4 is 0 Å². The number of hydrogen-bond acceptors (Lipinski definition) is 3. The Hall–Kier alpha value is -2.30. The van der Waals surface area contributed by atoms with Gasteiger partial charge >= 0.3 is 5.97 Å². The average Bonchev–Trinajstić information content (AvgIpc) is 2.95. The largest absolute Gasteiger partial charge is 0.464 e. The fourth-order valence-corrected chi connectivity index (χ4v) is 1.58. The minimum atomic E-state index is -0.496. The monoisotopic (exact) mass is 218 g/mol. The summed E-state index contributed by atoms with van der Waals surface area (Å²) in [6, 6.07) is 1.78. The van der Waals surface area contributed by atoms with Gasteiger partial charge in [0.15, 0.2) is 6.29 Å². The van der Waals surface area contributed by atoms with Gasteiger partial charge in [0.05, 0.1) is 7.11 Å². The molecule has 2 rings (SSSR count). The van der Waals surface area contributed by atoms with Gasteiger partial charge in [0.25, 0.3) is 0 Å². The average molecular weight is 218 g/mol. The van der Waals surface area contributed by atoms with Crippen LogP contribution in [0.1, 0.15) is 20.8 Å². The molecule has 16 heavy (non-hydrogen) atoms. The van der Waals surface area contributed by atoms with Crippen molar-refractivity contribution < 1.29 is 14.3 Å². The molecule has 5 heteroatoms. The van der Waals surface area contributed by atoms with Crippen molar-refractivity contribution >= 4 is 12.3 Å². The van der Waals surface area contributed by atoms with E-state index in [9.17, 15) is 9.59 Å². The summed E-state index contributed by atoms with van der Waals surface area (Å²) >= 11 is 0. The second kappa shape index (κ2) is 4.06. The van der Waals surface area contributed by atoms with Crippen molar-refractivity contribution in [3.05, 3.63) is 35.9 Å². The zero-order valence-corrected chi connectivity index (χ0v) is 8.61. The number of methoxy groups -OCH3 is 1. The molecule has 0 bridgehead atoms.